The molecule has 0 bridgehead atoms. The van der Waals surface area contributed by atoms with E-state index >= 15 is 0 Å². The van der Waals surface area contributed by atoms with E-state index in [9.17, 15) is 0 Å². The molecule has 0 amide bonds. The summed E-state index contributed by atoms with van der Waals surface area (Å²) in [5, 5.41) is 3.50. The molecule has 0 aliphatic rings. The van der Waals surface area contributed by atoms with Gasteiger partial charge in [-0.25, -0.2) is 4.98 Å². The van der Waals surface area contributed by atoms with Crippen molar-refractivity contribution in [2.24, 2.45) is 0 Å². The zero-order valence-electron chi connectivity index (χ0n) is 4.07. The van der Waals surface area contributed by atoms with Gasteiger partial charge >= 0.3 is 0 Å². The van der Waals surface area contributed by atoms with Crippen LogP contribution in [-0.2, 0) is 0 Å². The molecule has 0 fully saturated rings. The molecule has 0 saturated carbocycles. The molecular formula is C2H4N4Na. The van der Waals surface area contributed by atoms with Crippen molar-refractivity contribution in [2.45, 2.75) is 0 Å². The fourth-order valence-electron chi connectivity index (χ4n) is 0.217. The van der Waals surface area contributed by atoms with Crippen LogP contribution in [0.15, 0.2) is 12.7 Å². The summed E-state index contributed by atoms with van der Waals surface area (Å²) in [5.41, 5.74) is 0. The molecule has 0 spiro atoms. The fourth-order valence-corrected chi connectivity index (χ4v) is 0.217. The van der Waals surface area contributed by atoms with Crippen LogP contribution in [0.3, 0.4) is 0 Å². The van der Waals surface area contributed by atoms with Crippen molar-refractivity contribution in [1.82, 2.24) is 14.9 Å². The largest absolute Gasteiger partial charge is 0.322 e. The van der Waals surface area contributed by atoms with Gasteiger partial charge < -0.3 is 5.84 Å². The van der Waals surface area contributed by atoms with E-state index in [1.807, 2.05) is 0 Å². The van der Waals surface area contributed by atoms with Crippen molar-refractivity contribution in [3.05, 3.63) is 12.7 Å². The molecule has 1 aromatic heterocycles. The summed E-state index contributed by atoms with van der Waals surface area (Å²) >= 11 is 0. The number of nitrogens with zero attached hydrogens (tertiary/aromatic N) is 3. The van der Waals surface area contributed by atoms with Crippen molar-refractivity contribution in [3.8, 4) is 0 Å². The molecule has 0 aliphatic carbocycles. The van der Waals surface area contributed by atoms with Crippen LogP contribution in [0, 0.1) is 0 Å². The second kappa shape index (κ2) is 3.01. The normalized spacial score (nSPS) is 7.43. The topological polar surface area (TPSA) is 56.7 Å². The molecule has 1 radical (unpaired) electrons. The Hall–Kier alpha value is -0.0600. The average molecular weight is 107 g/mol. The molecule has 0 saturated heterocycles. The van der Waals surface area contributed by atoms with Crippen LogP contribution in [0.5, 0.6) is 0 Å². The maximum atomic E-state index is 5.02. The molecule has 7 heavy (non-hydrogen) atoms. The minimum absolute atomic E-state index is 0. The van der Waals surface area contributed by atoms with E-state index in [1.54, 1.807) is 0 Å². The molecule has 0 unspecified atom stereocenters. The van der Waals surface area contributed by atoms with Crippen LogP contribution in [0.1, 0.15) is 0 Å². The van der Waals surface area contributed by atoms with Gasteiger partial charge in [-0.05, 0) is 0 Å². The Kier molecular flexibility index (Phi) is 2.98. The third-order valence-corrected chi connectivity index (χ3v) is 0.437. The molecule has 0 aliphatic heterocycles. The minimum Gasteiger partial charge on any atom is -0.322 e. The summed E-state index contributed by atoms with van der Waals surface area (Å²) in [5.74, 6) is 5.02. The molecule has 1 aromatic rings. The van der Waals surface area contributed by atoms with Gasteiger partial charge in [-0.1, -0.05) is 0 Å². The van der Waals surface area contributed by atoms with E-state index in [0.717, 1.165) is 4.79 Å². The molecule has 0 atom stereocenters. The van der Waals surface area contributed by atoms with Gasteiger partial charge in [0, 0.05) is 29.6 Å². The number of nitrogens with two attached hydrogens (primary N) is 1. The third-order valence-electron chi connectivity index (χ3n) is 0.437. The minimum atomic E-state index is 0. The Balaban J connectivity index is 0.000000360. The molecule has 4 nitrogen and oxygen atoms in total. The van der Waals surface area contributed by atoms with Gasteiger partial charge in [0.15, 0.2) is 0 Å². The predicted octanol–water partition coefficient (Wildman–Crippen LogP) is -1.39. The quantitative estimate of drug-likeness (QED) is 0.328. The van der Waals surface area contributed by atoms with Crippen LogP contribution in [0.4, 0.5) is 0 Å². The fraction of sp³-hybridized carbons (Fsp3) is 0. The molecule has 1 heterocycles. The van der Waals surface area contributed by atoms with Gasteiger partial charge in [-0.15, -0.1) is 5.10 Å². The summed E-state index contributed by atoms with van der Waals surface area (Å²) in [6.45, 7) is 0. The third kappa shape index (κ3) is 1.91. The Morgan fingerprint density at radius 1 is 1.57 bits per heavy atom. The van der Waals surface area contributed by atoms with E-state index in [1.165, 1.54) is 12.7 Å². The maximum Gasteiger partial charge on any atom is 0.139 e. The Morgan fingerprint density at radius 2 is 2.29 bits per heavy atom. The van der Waals surface area contributed by atoms with Crippen LogP contribution in [-0.4, -0.2) is 44.4 Å². The van der Waals surface area contributed by atoms with Gasteiger partial charge in [-0.2, -0.15) is 4.79 Å². The van der Waals surface area contributed by atoms with Crippen LogP contribution in [0.25, 0.3) is 0 Å². The van der Waals surface area contributed by atoms with Crippen molar-refractivity contribution >= 4 is 29.6 Å². The zero-order chi connectivity index (χ0) is 4.41. The van der Waals surface area contributed by atoms with Crippen LogP contribution < -0.4 is 5.84 Å². The van der Waals surface area contributed by atoms with Crippen molar-refractivity contribution < 1.29 is 0 Å². The van der Waals surface area contributed by atoms with E-state index in [2.05, 4.69) is 10.1 Å². The zero-order valence-corrected chi connectivity index (χ0v) is 6.07. The van der Waals surface area contributed by atoms with Crippen LogP contribution >= 0.6 is 0 Å². The molecule has 5 heteroatoms. The van der Waals surface area contributed by atoms with Gasteiger partial charge in [0.2, 0.25) is 0 Å². The summed E-state index contributed by atoms with van der Waals surface area (Å²) in [6.07, 6.45) is 2.79. The van der Waals surface area contributed by atoms with Gasteiger partial charge in [-0.3, -0.25) is 0 Å². The number of nitrogen functional groups attached to an aromatic ring is 1. The molecule has 33 valence electrons. The smallest absolute Gasteiger partial charge is 0.139 e. The molecular weight excluding hydrogens is 103 g/mol. The van der Waals surface area contributed by atoms with E-state index in [0.29, 0.717) is 0 Å². The van der Waals surface area contributed by atoms with Gasteiger partial charge in [0.05, 0.1) is 0 Å². The van der Waals surface area contributed by atoms with E-state index < -0.39 is 0 Å². The Labute approximate surface area is 63.0 Å². The monoisotopic (exact) mass is 107 g/mol. The van der Waals surface area contributed by atoms with E-state index in [-0.39, 0.29) is 29.6 Å². The average Bonchev–Trinajstić information content (AvgIpc) is 1.86. The molecule has 1 rings (SSSR count). The Bertz CT molecular complexity index is 113. The standard InChI is InChI=1S/C2H4N4.Na/c3-6-2-4-1-5-6;/h1-2H,3H2;. The maximum absolute atomic E-state index is 5.02. The summed E-state index contributed by atoms with van der Waals surface area (Å²) < 4.78 is 0. The van der Waals surface area contributed by atoms with Gasteiger partial charge in [0.1, 0.15) is 12.7 Å². The SMILES string of the molecule is Nn1cncn1.[Na]. The Morgan fingerprint density at radius 3 is 2.43 bits per heavy atom. The second-order valence-electron chi connectivity index (χ2n) is 0.875. The first-order valence-corrected chi connectivity index (χ1v) is 1.49. The van der Waals surface area contributed by atoms with Crippen molar-refractivity contribution in [2.75, 3.05) is 5.84 Å². The summed E-state index contributed by atoms with van der Waals surface area (Å²) in [7, 11) is 0. The van der Waals surface area contributed by atoms with Crippen molar-refractivity contribution in [1.29, 1.82) is 0 Å². The summed E-state index contributed by atoms with van der Waals surface area (Å²) in [6, 6.07) is 0. The first-order chi connectivity index (χ1) is 2.89. The number of hydrogen-bond donors (Lipinski definition) is 1. The first kappa shape index (κ1) is 6.94. The number of hydrogen-bond acceptors (Lipinski definition) is 3. The van der Waals surface area contributed by atoms with Crippen LogP contribution in [0.2, 0.25) is 0 Å². The molecule has 0 aromatic carbocycles. The molecule has 2 N–H and O–H groups in total. The van der Waals surface area contributed by atoms with Gasteiger partial charge in [0.25, 0.3) is 0 Å². The van der Waals surface area contributed by atoms with E-state index in [4.69, 9.17) is 5.84 Å². The summed E-state index contributed by atoms with van der Waals surface area (Å²) in [4.78, 5) is 4.69. The first-order valence-electron chi connectivity index (χ1n) is 1.49. The van der Waals surface area contributed by atoms with Crippen molar-refractivity contribution in [3.63, 3.8) is 0 Å². The second-order valence-corrected chi connectivity index (χ2v) is 0.875. The number of rotatable bonds is 0. The predicted molar refractivity (Wildman–Crippen MR) is 25.9 cm³/mol. The number of aromatic nitrogens is 3.